The summed E-state index contributed by atoms with van der Waals surface area (Å²) >= 11 is 0. The third-order valence-electron chi connectivity index (χ3n) is 2.52. The van der Waals surface area contributed by atoms with Crippen molar-refractivity contribution in [1.82, 2.24) is 9.97 Å². The number of carboxylic acid groups (broad SMARTS) is 1. The number of carbonyl (C=O) groups is 1. The van der Waals surface area contributed by atoms with Gasteiger partial charge in [-0.1, -0.05) is 0 Å². The molecule has 2 rings (SSSR count). The minimum atomic E-state index is -0.998. The first kappa shape index (κ1) is 14.2. The van der Waals surface area contributed by atoms with Crippen LogP contribution in [-0.4, -0.2) is 21.0 Å². The molecule has 1 saturated carbocycles. The highest BCUT2D eigenvalue weighted by molar-refractivity contribution is 5.85. The zero-order valence-corrected chi connectivity index (χ0v) is 9.53. The number of aromatic carboxylic acids is 1. The number of nitrogens with two attached hydrogens (primary N) is 1. The van der Waals surface area contributed by atoms with Crippen molar-refractivity contribution in [3.63, 3.8) is 0 Å². The van der Waals surface area contributed by atoms with Crippen molar-refractivity contribution < 1.29 is 9.90 Å². The lowest BCUT2D eigenvalue weighted by atomic mass is 9.77. The summed E-state index contributed by atoms with van der Waals surface area (Å²) in [5.74, 6) is -0.405. The Labute approximate surface area is 99.3 Å². The molecule has 1 aromatic heterocycles. The maximum atomic E-state index is 10.5. The molecule has 0 amide bonds. The number of nitrogens with zero attached hydrogens (tertiary/aromatic N) is 1. The lowest BCUT2D eigenvalue weighted by Crippen LogP contribution is -2.44. The maximum Gasteiger partial charge on any atom is 0.353 e. The number of nitrogens with one attached hydrogen (secondary N) is 1. The highest BCUT2D eigenvalue weighted by atomic mass is 35.5. The van der Waals surface area contributed by atoms with E-state index in [0.29, 0.717) is 5.82 Å². The van der Waals surface area contributed by atoms with Crippen molar-refractivity contribution >= 4 is 30.8 Å². The SMILES string of the molecule is Cl.Cl.NC1(c2ncc(C(=O)O)[nH]2)CCC1. The molecular formula is C8H13Cl2N3O2. The van der Waals surface area contributed by atoms with Gasteiger partial charge in [0, 0.05) is 0 Å². The second-order valence-electron chi connectivity index (χ2n) is 3.46. The number of carboxylic acids is 1. The van der Waals surface area contributed by atoms with E-state index in [2.05, 4.69) is 9.97 Å². The van der Waals surface area contributed by atoms with Crippen LogP contribution in [0.1, 0.15) is 35.6 Å². The molecule has 5 nitrogen and oxygen atoms in total. The zero-order valence-electron chi connectivity index (χ0n) is 7.90. The Balaban J connectivity index is 0.000000980. The van der Waals surface area contributed by atoms with Crippen molar-refractivity contribution in [3.8, 4) is 0 Å². The quantitative estimate of drug-likeness (QED) is 0.741. The predicted octanol–water partition coefficient (Wildman–Crippen LogP) is 1.29. The molecule has 7 heteroatoms. The van der Waals surface area contributed by atoms with Gasteiger partial charge in [0.1, 0.15) is 11.5 Å². The van der Waals surface area contributed by atoms with Crippen molar-refractivity contribution in [1.29, 1.82) is 0 Å². The molecule has 0 aliphatic heterocycles. The summed E-state index contributed by atoms with van der Waals surface area (Å²) in [5.41, 5.74) is 5.65. The van der Waals surface area contributed by atoms with Crippen LogP contribution in [0.4, 0.5) is 0 Å². The fourth-order valence-electron chi connectivity index (χ4n) is 1.48. The maximum absolute atomic E-state index is 10.5. The zero-order chi connectivity index (χ0) is 9.47. The van der Waals surface area contributed by atoms with Gasteiger partial charge >= 0.3 is 5.97 Å². The van der Waals surface area contributed by atoms with Gasteiger partial charge in [-0.05, 0) is 19.3 Å². The number of hydrogen-bond donors (Lipinski definition) is 3. The molecular weight excluding hydrogens is 241 g/mol. The van der Waals surface area contributed by atoms with E-state index in [1.54, 1.807) is 0 Å². The number of H-pyrrole nitrogens is 1. The number of imidazole rings is 1. The van der Waals surface area contributed by atoms with Crippen molar-refractivity contribution in [2.45, 2.75) is 24.8 Å². The van der Waals surface area contributed by atoms with Crippen LogP contribution in [0, 0.1) is 0 Å². The Bertz CT molecular complexity index is 349. The summed E-state index contributed by atoms with van der Waals surface area (Å²) in [6.45, 7) is 0. The van der Waals surface area contributed by atoms with Crippen molar-refractivity contribution in [2.24, 2.45) is 5.73 Å². The standard InChI is InChI=1S/C8H11N3O2.2ClH/c9-8(2-1-3-8)7-10-4-5(11-7)6(12)13;;/h4H,1-3,9H2,(H,10,11)(H,12,13);2*1H. The number of hydrogen-bond acceptors (Lipinski definition) is 3. The molecule has 1 aliphatic rings. The van der Waals surface area contributed by atoms with Crippen LogP contribution < -0.4 is 5.73 Å². The number of aromatic nitrogens is 2. The fourth-order valence-corrected chi connectivity index (χ4v) is 1.48. The van der Waals surface area contributed by atoms with Crippen LogP contribution in [-0.2, 0) is 5.54 Å². The number of halogens is 2. The first-order valence-corrected chi connectivity index (χ1v) is 4.19. The fraction of sp³-hybridized carbons (Fsp3) is 0.500. The molecule has 1 fully saturated rings. The van der Waals surface area contributed by atoms with Gasteiger partial charge in [0.15, 0.2) is 0 Å². The first-order chi connectivity index (χ1) is 6.12. The Hall–Kier alpha value is -0.780. The van der Waals surface area contributed by atoms with Crippen molar-refractivity contribution in [2.75, 3.05) is 0 Å². The summed E-state index contributed by atoms with van der Waals surface area (Å²) in [6.07, 6.45) is 4.14. The van der Waals surface area contributed by atoms with Gasteiger partial charge in [0.05, 0.1) is 11.7 Å². The molecule has 1 heterocycles. The predicted molar refractivity (Wildman–Crippen MR) is 59.8 cm³/mol. The number of aromatic amines is 1. The van der Waals surface area contributed by atoms with E-state index in [-0.39, 0.29) is 30.5 Å². The molecule has 0 spiro atoms. The first-order valence-electron chi connectivity index (χ1n) is 4.19. The molecule has 0 atom stereocenters. The third-order valence-corrected chi connectivity index (χ3v) is 2.52. The van der Waals surface area contributed by atoms with Gasteiger partial charge in [0.25, 0.3) is 0 Å². The Morgan fingerprint density at radius 3 is 2.47 bits per heavy atom. The van der Waals surface area contributed by atoms with Crippen LogP contribution in [0.3, 0.4) is 0 Å². The van der Waals surface area contributed by atoms with Crippen LogP contribution in [0.2, 0.25) is 0 Å². The lowest BCUT2D eigenvalue weighted by Gasteiger charge is -2.35. The van der Waals surface area contributed by atoms with E-state index in [1.807, 2.05) is 0 Å². The largest absolute Gasteiger partial charge is 0.477 e. The van der Waals surface area contributed by atoms with Gasteiger partial charge in [-0.15, -0.1) is 24.8 Å². The summed E-state index contributed by atoms with van der Waals surface area (Å²) in [4.78, 5) is 17.2. The average molecular weight is 254 g/mol. The molecule has 0 radical (unpaired) electrons. The normalized spacial score (nSPS) is 16.9. The average Bonchev–Trinajstić information content (AvgIpc) is 2.48. The molecule has 1 aliphatic carbocycles. The molecule has 15 heavy (non-hydrogen) atoms. The minimum Gasteiger partial charge on any atom is -0.477 e. The van der Waals surface area contributed by atoms with Crippen LogP contribution >= 0.6 is 24.8 Å². The molecule has 0 saturated heterocycles. The lowest BCUT2D eigenvalue weighted by molar-refractivity contribution is 0.0690. The summed E-state index contributed by atoms with van der Waals surface area (Å²) in [5, 5.41) is 8.64. The van der Waals surface area contributed by atoms with Crippen LogP contribution in [0.5, 0.6) is 0 Å². The van der Waals surface area contributed by atoms with E-state index in [4.69, 9.17) is 10.8 Å². The van der Waals surface area contributed by atoms with Crippen molar-refractivity contribution in [3.05, 3.63) is 17.7 Å². The smallest absolute Gasteiger partial charge is 0.353 e. The third kappa shape index (κ3) is 2.42. The monoisotopic (exact) mass is 253 g/mol. The van der Waals surface area contributed by atoms with E-state index >= 15 is 0 Å². The second-order valence-corrected chi connectivity index (χ2v) is 3.46. The second kappa shape index (κ2) is 4.83. The van der Waals surface area contributed by atoms with E-state index < -0.39 is 11.5 Å². The Kier molecular flexibility index (Phi) is 4.58. The van der Waals surface area contributed by atoms with Gasteiger partial charge in [0.2, 0.25) is 0 Å². The van der Waals surface area contributed by atoms with Gasteiger partial charge in [-0.3, -0.25) is 0 Å². The summed E-state index contributed by atoms with van der Waals surface area (Å²) in [7, 11) is 0. The van der Waals surface area contributed by atoms with Crippen LogP contribution in [0.15, 0.2) is 6.20 Å². The van der Waals surface area contributed by atoms with E-state index in [9.17, 15) is 4.79 Å². The molecule has 4 N–H and O–H groups in total. The van der Waals surface area contributed by atoms with E-state index in [0.717, 1.165) is 19.3 Å². The minimum absolute atomic E-state index is 0. The molecule has 0 unspecified atom stereocenters. The van der Waals surface area contributed by atoms with Gasteiger partial charge in [-0.25, -0.2) is 9.78 Å². The van der Waals surface area contributed by atoms with Crippen LogP contribution in [0.25, 0.3) is 0 Å². The molecule has 1 aromatic rings. The Morgan fingerprint density at radius 2 is 2.13 bits per heavy atom. The van der Waals surface area contributed by atoms with E-state index in [1.165, 1.54) is 6.20 Å². The highest BCUT2D eigenvalue weighted by Crippen LogP contribution is 2.36. The molecule has 86 valence electrons. The van der Waals surface area contributed by atoms with Gasteiger partial charge in [-0.2, -0.15) is 0 Å². The van der Waals surface area contributed by atoms with Gasteiger partial charge < -0.3 is 15.8 Å². The summed E-state index contributed by atoms with van der Waals surface area (Å²) in [6, 6.07) is 0. The highest BCUT2D eigenvalue weighted by Gasteiger charge is 2.37. The molecule has 0 aromatic carbocycles. The summed E-state index contributed by atoms with van der Waals surface area (Å²) < 4.78 is 0. The number of rotatable bonds is 2. The topological polar surface area (TPSA) is 92.0 Å². The Morgan fingerprint density at radius 1 is 1.53 bits per heavy atom. The molecule has 0 bridgehead atoms.